The number of benzene rings is 1. The number of hydrogen-bond donors (Lipinski definition) is 0. The predicted molar refractivity (Wildman–Crippen MR) is 74.9 cm³/mol. The molecule has 1 rings (SSSR count). The van der Waals surface area contributed by atoms with Crippen LogP contribution in [0.1, 0.15) is 25.8 Å². The van der Waals surface area contributed by atoms with Crippen molar-refractivity contribution in [1.82, 2.24) is 4.90 Å². The monoisotopic (exact) mass is 308 g/mol. The minimum atomic E-state index is 0.0679. The highest BCUT2D eigenvalue weighted by atomic mass is 79.9. The van der Waals surface area contributed by atoms with Crippen molar-refractivity contribution in [2.45, 2.75) is 32.7 Å². The van der Waals surface area contributed by atoms with Gasteiger partial charge in [-0.05, 0) is 31.5 Å². The van der Waals surface area contributed by atoms with Crippen LogP contribution in [0.3, 0.4) is 0 Å². The van der Waals surface area contributed by atoms with E-state index in [4.69, 9.17) is 5.26 Å². The quantitative estimate of drug-likeness (QED) is 0.838. The average molecular weight is 309 g/mol. The Labute approximate surface area is 117 Å². The van der Waals surface area contributed by atoms with E-state index in [-0.39, 0.29) is 11.9 Å². The van der Waals surface area contributed by atoms with Gasteiger partial charge in [-0.15, -0.1) is 0 Å². The van der Waals surface area contributed by atoms with Gasteiger partial charge in [0, 0.05) is 17.1 Å². The average Bonchev–Trinajstić information content (AvgIpc) is 2.29. The minimum Gasteiger partial charge on any atom is -0.339 e. The molecule has 0 N–H and O–H groups in total. The molecule has 0 fully saturated rings. The van der Waals surface area contributed by atoms with E-state index in [2.05, 4.69) is 22.0 Å². The lowest BCUT2D eigenvalue weighted by Gasteiger charge is -2.26. The standard InChI is InChI=1S/C14H17BrN2O/c1-11(2)17(8-4-7-16)14(18)10-12-5-3-6-13(15)9-12/h3,5-6,9,11H,4,8,10H2,1-2H3. The van der Waals surface area contributed by atoms with E-state index in [0.29, 0.717) is 19.4 Å². The normalized spacial score (nSPS) is 10.2. The van der Waals surface area contributed by atoms with Gasteiger partial charge in [-0.3, -0.25) is 4.79 Å². The maximum atomic E-state index is 12.2. The Balaban J connectivity index is 2.70. The van der Waals surface area contributed by atoms with E-state index in [1.807, 2.05) is 38.1 Å². The van der Waals surface area contributed by atoms with Gasteiger partial charge >= 0.3 is 0 Å². The molecule has 0 saturated heterocycles. The number of halogens is 1. The third kappa shape index (κ3) is 4.50. The molecule has 0 aliphatic heterocycles. The highest BCUT2D eigenvalue weighted by molar-refractivity contribution is 9.10. The summed E-state index contributed by atoms with van der Waals surface area (Å²) in [6, 6.07) is 9.94. The van der Waals surface area contributed by atoms with Gasteiger partial charge in [0.2, 0.25) is 5.91 Å². The largest absolute Gasteiger partial charge is 0.339 e. The molecular weight excluding hydrogens is 292 g/mol. The molecule has 1 amide bonds. The summed E-state index contributed by atoms with van der Waals surface area (Å²) < 4.78 is 0.973. The number of hydrogen-bond acceptors (Lipinski definition) is 2. The Morgan fingerprint density at radius 2 is 2.22 bits per heavy atom. The minimum absolute atomic E-state index is 0.0679. The number of nitriles is 1. The Morgan fingerprint density at radius 3 is 2.78 bits per heavy atom. The van der Waals surface area contributed by atoms with Gasteiger partial charge in [0.05, 0.1) is 18.9 Å². The van der Waals surface area contributed by atoms with Crippen LogP contribution >= 0.6 is 15.9 Å². The molecule has 0 heterocycles. The van der Waals surface area contributed by atoms with Crippen LogP contribution in [-0.4, -0.2) is 23.4 Å². The summed E-state index contributed by atoms with van der Waals surface area (Å²) in [6.07, 6.45) is 0.755. The van der Waals surface area contributed by atoms with Gasteiger partial charge in [0.25, 0.3) is 0 Å². The molecule has 0 aliphatic carbocycles. The van der Waals surface area contributed by atoms with Crippen molar-refractivity contribution < 1.29 is 4.79 Å². The Bertz CT molecular complexity index is 451. The predicted octanol–water partition coefficient (Wildman–Crippen LogP) is 3.14. The maximum Gasteiger partial charge on any atom is 0.227 e. The zero-order valence-electron chi connectivity index (χ0n) is 10.7. The third-order valence-corrected chi connectivity index (χ3v) is 3.15. The van der Waals surface area contributed by atoms with Crippen LogP contribution < -0.4 is 0 Å². The van der Waals surface area contributed by atoms with E-state index >= 15 is 0 Å². The van der Waals surface area contributed by atoms with Crippen LogP contribution in [0.15, 0.2) is 28.7 Å². The Kier molecular flexibility index (Phi) is 5.87. The summed E-state index contributed by atoms with van der Waals surface area (Å²) in [6.45, 7) is 4.44. The zero-order chi connectivity index (χ0) is 13.5. The zero-order valence-corrected chi connectivity index (χ0v) is 12.3. The fourth-order valence-corrected chi connectivity index (χ4v) is 2.21. The first-order valence-electron chi connectivity index (χ1n) is 5.95. The van der Waals surface area contributed by atoms with Crippen LogP contribution in [0.25, 0.3) is 0 Å². The molecule has 0 spiro atoms. The van der Waals surface area contributed by atoms with E-state index < -0.39 is 0 Å². The molecule has 1 aromatic carbocycles. The summed E-state index contributed by atoms with van der Waals surface area (Å²) >= 11 is 3.39. The molecule has 0 bridgehead atoms. The highest BCUT2D eigenvalue weighted by Gasteiger charge is 2.16. The number of carbonyl (C=O) groups is 1. The number of carbonyl (C=O) groups excluding carboxylic acids is 1. The first-order valence-corrected chi connectivity index (χ1v) is 6.74. The fourth-order valence-electron chi connectivity index (χ4n) is 1.76. The number of rotatable bonds is 5. The second kappa shape index (κ2) is 7.17. The number of amides is 1. The smallest absolute Gasteiger partial charge is 0.227 e. The molecule has 0 saturated carbocycles. The van der Waals surface area contributed by atoms with Gasteiger partial charge in [-0.25, -0.2) is 0 Å². The molecule has 3 nitrogen and oxygen atoms in total. The highest BCUT2D eigenvalue weighted by Crippen LogP contribution is 2.13. The van der Waals surface area contributed by atoms with Crippen LogP contribution in [-0.2, 0) is 11.2 Å². The molecule has 0 aromatic heterocycles. The van der Waals surface area contributed by atoms with Crippen molar-refractivity contribution in [2.24, 2.45) is 0 Å². The van der Waals surface area contributed by atoms with Gasteiger partial charge < -0.3 is 4.90 Å². The summed E-state index contributed by atoms with van der Waals surface area (Å²) in [5.41, 5.74) is 0.983. The lowest BCUT2D eigenvalue weighted by Crippen LogP contribution is -2.38. The van der Waals surface area contributed by atoms with Crippen LogP contribution in [0.2, 0.25) is 0 Å². The van der Waals surface area contributed by atoms with E-state index in [1.54, 1.807) is 4.90 Å². The summed E-state index contributed by atoms with van der Waals surface area (Å²) in [5.74, 6) is 0.0679. The molecule has 0 aliphatic rings. The first-order chi connectivity index (χ1) is 8.54. The van der Waals surface area contributed by atoms with Crippen molar-refractivity contribution in [3.8, 4) is 6.07 Å². The number of nitrogens with zero attached hydrogens (tertiary/aromatic N) is 2. The van der Waals surface area contributed by atoms with Crippen molar-refractivity contribution in [3.63, 3.8) is 0 Å². The molecule has 0 atom stereocenters. The molecule has 0 radical (unpaired) electrons. The maximum absolute atomic E-state index is 12.2. The fraction of sp³-hybridized carbons (Fsp3) is 0.429. The van der Waals surface area contributed by atoms with Crippen molar-refractivity contribution in [1.29, 1.82) is 5.26 Å². The second-order valence-corrected chi connectivity index (χ2v) is 5.31. The topological polar surface area (TPSA) is 44.1 Å². The SMILES string of the molecule is CC(C)N(CCC#N)C(=O)Cc1cccc(Br)c1. The van der Waals surface area contributed by atoms with Crippen molar-refractivity contribution in [3.05, 3.63) is 34.3 Å². The first kappa shape index (κ1) is 14.7. The van der Waals surface area contributed by atoms with Crippen molar-refractivity contribution in [2.75, 3.05) is 6.54 Å². The molecule has 1 aromatic rings. The molecule has 4 heteroatoms. The van der Waals surface area contributed by atoms with Crippen molar-refractivity contribution >= 4 is 21.8 Å². The molecular formula is C14H17BrN2O. The van der Waals surface area contributed by atoms with Gasteiger partial charge in [-0.2, -0.15) is 5.26 Å². The van der Waals surface area contributed by atoms with E-state index in [9.17, 15) is 4.79 Å². The second-order valence-electron chi connectivity index (χ2n) is 4.40. The van der Waals surface area contributed by atoms with Gasteiger partial charge in [-0.1, -0.05) is 28.1 Å². The lowest BCUT2D eigenvalue weighted by molar-refractivity contribution is -0.132. The van der Waals surface area contributed by atoms with Gasteiger partial charge in [0.15, 0.2) is 0 Å². The molecule has 0 unspecified atom stereocenters. The molecule has 96 valence electrons. The van der Waals surface area contributed by atoms with Crippen LogP contribution in [0.5, 0.6) is 0 Å². The summed E-state index contributed by atoms with van der Waals surface area (Å²) in [5, 5.41) is 8.61. The van der Waals surface area contributed by atoms with E-state index in [1.165, 1.54) is 0 Å². The third-order valence-electron chi connectivity index (χ3n) is 2.65. The Hall–Kier alpha value is -1.34. The summed E-state index contributed by atoms with van der Waals surface area (Å²) in [4.78, 5) is 13.9. The summed E-state index contributed by atoms with van der Waals surface area (Å²) in [7, 11) is 0. The van der Waals surface area contributed by atoms with E-state index in [0.717, 1.165) is 10.0 Å². The van der Waals surface area contributed by atoms with Gasteiger partial charge in [0.1, 0.15) is 0 Å². The Morgan fingerprint density at radius 1 is 1.50 bits per heavy atom. The van der Waals surface area contributed by atoms with Crippen LogP contribution in [0, 0.1) is 11.3 Å². The lowest BCUT2D eigenvalue weighted by atomic mass is 10.1. The van der Waals surface area contributed by atoms with Crippen LogP contribution in [0.4, 0.5) is 0 Å². The molecule has 18 heavy (non-hydrogen) atoms.